The Bertz CT molecular complexity index is 552. The molecule has 0 fully saturated rings. The second-order valence-corrected chi connectivity index (χ2v) is 4.99. The van der Waals surface area contributed by atoms with Crippen molar-refractivity contribution in [2.24, 2.45) is 0 Å². The van der Waals surface area contributed by atoms with E-state index in [1.54, 1.807) is 6.20 Å². The van der Waals surface area contributed by atoms with Gasteiger partial charge in [-0.1, -0.05) is 23.7 Å². The highest BCUT2D eigenvalue weighted by atomic mass is 79.9. The largest absolute Gasteiger partial charge is 0.387 e. The molecule has 0 aliphatic rings. The highest BCUT2D eigenvalue weighted by Gasteiger charge is 2.15. The van der Waals surface area contributed by atoms with Crippen molar-refractivity contribution < 1.29 is 9.50 Å². The standard InChI is InChI=1S/C11H10BrClFN3O/c1-2-10(18)9-5-17(16-15-9)11-7(12)3-6(14)4-8(11)13/h3-5,10,18H,2H2,1H3. The van der Waals surface area contributed by atoms with Gasteiger partial charge in [0.15, 0.2) is 0 Å². The van der Waals surface area contributed by atoms with Crippen LogP contribution in [0.2, 0.25) is 5.02 Å². The number of halogens is 3. The highest BCUT2D eigenvalue weighted by molar-refractivity contribution is 9.10. The lowest BCUT2D eigenvalue weighted by Crippen LogP contribution is -1.98. The Kier molecular flexibility index (Phi) is 3.99. The Morgan fingerprint density at radius 1 is 1.56 bits per heavy atom. The van der Waals surface area contributed by atoms with Gasteiger partial charge in [0.05, 0.1) is 23.0 Å². The van der Waals surface area contributed by atoms with Crippen molar-refractivity contribution in [2.75, 3.05) is 0 Å². The number of rotatable bonds is 3. The monoisotopic (exact) mass is 333 g/mol. The normalized spacial score (nSPS) is 12.7. The third-order valence-corrected chi connectivity index (χ3v) is 3.34. The molecule has 1 unspecified atom stereocenters. The summed E-state index contributed by atoms with van der Waals surface area (Å²) in [6, 6.07) is 2.48. The smallest absolute Gasteiger partial charge is 0.125 e. The summed E-state index contributed by atoms with van der Waals surface area (Å²) in [5.74, 6) is -0.440. The van der Waals surface area contributed by atoms with Gasteiger partial charge in [0.2, 0.25) is 0 Å². The van der Waals surface area contributed by atoms with Crippen LogP contribution in [0.5, 0.6) is 0 Å². The van der Waals surface area contributed by atoms with Crippen molar-refractivity contribution in [3.8, 4) is 5.69 Å². The van der Waals surface area contributed by atoms with Crippen LogP contribution >= 0.6 is 27.5 Å². The average Bonchev–Trinajstić information content (AvgIpc) is 2.76. The van der Waals surface area contributed by atoms with Crippen LogP contribution < -0.4 is 0 Å². The molecule has 0 aliphatic heterocycles. The molecule has 1 N–H and O–H groups in total. The van der Waals surface area contributed by atoms with Crippen LogP contribution in [0.25, 0.3) is 5.69 Å². The van der Waals surface area contributed by atoms with Crippen LogP contribution in [0.3, 0.4) is 0 Å². The molecule has 2 rings (SSSR count). The molecule has 1 aromatic carbocycles. The highest BCUT2D eigenvalue weighted by Crippen LogP contribution is 2.30. The minimum Gasteiger partial charge on any atom is -0.387 e. The van der Waals surface area contributed by atoms with Crippen LogP contribution in [0.15, 0.2) is 22.8 Å². The number of hydrogen-bond acceptors (Lipinski definition) is 3. The Morgan fingerprint density at radius 2 is 2.28 bits per heavy atom. The minimum atomic E-state index is -0.670. The molecule has 0 bridgehead atoms. The maximum absolute atomic E-state index is 13.1. The Labute approximate surface area is 117 Å². The molecular weight excluding hydrogens is 324 g/mol. The van der Waals surface area contributed by atoms with Gasteiger partial charge >= 0.3 is 0 Å². The van der Waals surface area contributed by atoms with Crippen molar-refractivity contribution in [3.05, 3.63) is 39.3 Å². The first kappa shape index (κ1) is 13.5. The molecule has 4 nitrogen and oxygen atoms in total. The van der Waals surface area contributed by atoms with E-state index >= 15 is 0 Å². The van der Waals surface area contributed by atoms with Crippen LogP contribution in [-0.4, -0.2) is 20.1 Å². The van der Waals surface area contributed by atoms with Crippen molar-refractivity contribution in [3.63, 3.8) is 0 Å². The molecule has 0 saturated carbocycles. The minimum absolute atomic E-state index is 0.212. The SMILES string of the molecule is CCC(O)c1cn(-c2c(Cl)cc(F)cc2Br)nn1. The van der Waals surface area contributed by atoms with Crippen LogP contribution in [-0.2, 0) is 0 Å². The summed E-state index contributed by atoms with van der Waals surface area (Å²) in [6.45, 7) is 1.84. The van der Waals surface area contributed by atoms with Crippen LogP contribution in [0, 0.1) is 5.82 Å². The first-order valence-electron chi connectivity index (χ1n) is 5.28. The molecule has 96 valence electrons. The van der Waals surface area contributed by atoms with Gasteiger partial charge in [0.25, 0.3) is 0 Å². The second kappa shape index (κ2) is 5.34. The maximum Gasteiger partial charge on any atom is 0.125 e. The molecule has 1 heterocycles. The van der Waals surface area contributed by atoms with E-state index in [1.165, 1.54) is 16.8 Å². The summed E-state index contributed by atoms with van der Waals surface area (Å²) in [7, 11) is 0. The van der Waals surface area contributed by atoms with E-state index in [4.69, 9.17) is 11.6 Å². The van der Waals surface area contributed by atoms with E-state index in [0.29, 0.717) is 22.3 Å². The lowest BCUT2D eigenvalue weighted by atomic mass is 10.2. The van der Waals surface area contributed by atoms with E-state index < -0.39 is 11.9 Å². The molecule has 0 amide bonds. The van der Waals surface area contributed by atoms with Gasteiger partial charge in [-0.15, -0.1) is 5.10 Å². The predicted octanol–water partition coefficient (Wildman–Crippen LogP) is 3.27. The van der Waals surface area contributed by atoms with E-state index in [2.05, 4.69) is 26.2 Å². The molecule has 18 heavy (non-hydrogen) atoms. The number of aliphatic hydroxyl groups excluding tert-OH is 1. The molecule has 1 aromatic heterocycles. The molecular formula is C11H10BrClFN3O. The summed E-state index contributed by atoms with van der Waals surface area (Å²) in [5, 5.41) is 17.6. The van der Waals surface area contributed by atoms with E-state index in [1.807, 2.05) is 6.92 Å². The second-order valence-electron chi connectivity index (χ2n) is 3.73. The molecule has 1 atom stereocenters. The zero-order valence-corrected chi connectivity index (χ0v) is 11.8. The predicted molar refractivity (Wildman–Crippen MR) is 69.3 cm³/mol. The average molecular weight is 335 g/mol. The summed E-state index contributed by atoms with van der Waals surface area (Å²) in [4.78, 5) is 0. The third-order valence-electron chi connectivity index (χ3n) is 2.45. The summed E-state index contributed by atoms with van der Waals surface area (Å²) >= 11 is 9.19. The van der Waals surface area contributed by atoms with Gasteiger partial charge in [-0.3, -0.25) is 0 Å². The molecule has 0 spiro atoms. The number of nitrogens with zero attached hydrogens (tertiary/aromatic N) is 3. The van der Waals surface area contributed by atoms with Gasteiger partial charge in [0, 0.05) is 4.47 Å². The fourth-order valence-corrected chi connectivity index (χ4v) is 2.52. The molecule has 0 radical (unpaired) electrons. The van der Waals surface area contributed by atoms with Gasteiger partial charge in [-0.25, -0.2) is 9.07 Å². The Balaban J connectivity index is 2.46. The number of benzene rings is 1. The third kappa shape index (κ3) is 2.55. The van der Waals surface area contributed by atoms with Gasteiger partial charge in [-0.05, 0) is 34.5 Å². The first-order chi connectivity index (χ1) is 8.52. The molecule has 0 saturated heterocycles. The Morgan fingerprint density at radius 3 is 2.89 bits per heavy atom. The van der Waals surface area contributed by atoms with Crippen molar-refractivity contribution in [1.82, 2.24) is 15.0 Å². The quantitative estimate of drug-likeness (QED) is 0.937. The van der Waals surface area contributed by atoms with E-state index in [0.717, 1.165) is 0 Å². The summed E-state index contributed by atoms with van der Waals surface area (Å²) in [6.07, 6.45) is 1.44. The maximum atomic E-state index is 13.1. The van der Waals surface area contributed by atoms with Crippen molar-refractivity contribution >= 4 is 27.5 Å². The van der Waals surface area contributed by atoms with Crippen molar-refractivity contribution in [1.29, 1.82) is 0 Å². The lowest BCUT2D eigenvalue weighted by molar-refractivity contribution is 0.169. The molecule has 2 aromatic rings. The summed E-state index contributed by atoms with van der Waals surface area (Å²) < 4.78 is 15.0. The fourth-order valence-electron chi connectivity index (χ4n) is 1.50. The van der Waals surface area contributed by atoms with E-state index in [9.17, 15) is 9.50 Å². The molecule has 7 heteroatoms. The van der Waals surface area contributed by atoms with Gasteiger partial charge < -0.3 is 5.11 Å². The zero-order valence-electron chi connectivity index (χ0n) is 9.44. The van der Waals surface area contributed by atoms with Gasteiger partial charge in [0.1, 0.15) is 11.5 Å². The van der Waals surface area contributed by atoms with Crippen molar-refractivity contribution in [2.45, 2.75) is 19.4 Å². The summed E-state index contributed by atoms with van der Waals surface area (Å²) in [5.41, 5.74) is 0.935. The van der Waals surface area contributed by atoms with Crippen LogP contribution in [0.4, 0.5) is 4.39 Å². The topological polar surface area (TPSA) is 50.9 Å². The number of aliphatic hydroxyl groups is 1. The number of aromatic nitrogens is 3. The zero-order chi connectivity index (χ0) is 13.3. The van der Waals surface area contributed by atoms with Gasteiger partial charge in [-0.2, -0.15) is 0 Å². The van der Waals surface area contributed by atoms with Crippen LogP contribution in [0.1, 0.15) is 25.1 Å². The van der Waals surface area contributed by atoms with E-state index in [-0.39, 0.29) is 5.02 Å². The molecule has 0 aliphatic carbocycles. The Hall–Kier alpha value is -0.980. The number of hydrogen-bond donors (Lipinski definition) is 1. The first-order valence-corrected chi connectivity index (χ1v) is 6.45. The fraction of sp³-hybridized carbons (Fsp3) is 0.273. The lowest BCUT2D eigenvalue weighted by Gasteiger charge is -2.06.